The van der Waals surface area contributed by atoms with Gasteiger partial charge in [0.15, 0.2) is 0 Å². The topological polar surface area (TPSA) is 51.8 Å². The van der Waals surface area contributed by atoms with E-state index >= 15 is 0 Å². The summed E-state index contributed by atoms with van der Waals surface area (Å²) in [5.41, 5.74) is 7.62. The smallest absolute Gasteiger partial charge is 0.147 e. The molecule has 0 aliphatic rings. The molecule has 0 fully saturated rings. The van der Waals surface area contributed by atoms with Gasteiger partial charge < -0.3 is 5.73 Å². The van der Waals surface area contributed by atoms with E-state index in [0.717, 1.165) is 32.6 Å². The molecule has 1 heterocycles. The first kappa shape index (κ1) is 11.5. The Bertz CT molecular complexity index is 475. The largest absolute Gasteiger partial charge is 0.330 e. The summed E-state index contributed by atoms with van der Waals surface area (Å²) in [6.07, 6.45) is 0.775. The lowest BCUT2D eigenvalue weighted by Crippen LogP contribution is -2.01. The van der Waals surface area contributed by atoms with E-state index in [9.17, 15) is 0 Å². The van der Waals surface area contributed by atoms with Gasteiger partial charge in [0.2, 0.25) is 0 Å². The Morgan fingerprint density at radius 1 is 1.31 bits per heavy atom. The van der Waals surface area contributed by atoms with E-state index in [2.05, 4.69) is 16.3 Å². The maximum atomic E-state index is 6.00. The molecule has 0 aliphatic heterocycles. The minimum atomic E-state index is 0.600. The van der Waals surface area contributed by atoms with Gasteiger partial charge in [0.1, 0.15) is 10.0 Å². The normalized spacial score (nSPS) is 10.7. The zero-order valence-electron chi connectivity index (χ0n) is 8.90. The Kier molecular flexibility index (Phi) is 3.53. The molecule has 5 heteroatoms. The molecule has 16 heavy (non-hydrogen) atoms. The maximum absolute atomic E-state index is 6.00. The molecule has 2 rings (SSSR count). The summed E-state index contributed by atoms with van der Waals surface area (Å²) in [6.45, 7) is 2.61. The van der Waals surface area contributed by atoms with E-state index in [4.69, 9.17) is 17.3 Å². The van der Waals surface area contributed by atoms with Crippen LogP contribution in [0.25, 0.3) is 10.6 Å². The minimum Gasteiger partial charge on any atom is -0.330 e. The molecule has 2 N–H and O–H groups in total. The molecule has 0 saturated carbocycles. The summed E-state index contributed by atoms with van der Waals surface area (Å²) in [5, 5.41) is 10.8. The van der Waals surface area contributed by atoms with Crippen LogP contribution in [0.15, 0.2) is 18.2 Å². The van der Waals surface area contributed by atoms with Gasteiger partial charge in [-0.3, -0.25) is 0 Å². The highest BCUT2D eigenvalue weighted by molar-refractivity contribution is 7.14. The highest BCUT2D eigenvalue weighted by Crippen LogP contribution is 2.27. The van der Waals surface area contributed by atoms with Gasteiger partial charge in [-0.2, -0.15) is 0 Å². The third-order valence-corrected chi connectivity index (χ3v) is 3.36. The highest BCUT2D eigenvalue weighted by atomic mass is 35.5. The Morgan fingerprint density at radius 2 is 2.12 bits per heavy atom. The van der Waals surface area contributed by atoms with Gasteiger partial charge in [0.05, 0.1) is 0 Å². The van der Waals surface area contributed by atoms with Crippen LogP contribution in [0.4, 0.5) is 0 Å². The van der Waals surface area contributed by atoms with Crippen LogP contribution in [-0.2, 0) is 6.42 Å². The first-order chi connectivity index (χ1) is 7.69. The van der Waals surface area contributed by atoms with E-state index < -0.39 is 0 Å². The van der Waals surface area contributed by atoms with Gasteiger partial charge in [-0.1, -0.05) is 22.9 Å². The SMILES string of the molecule is Cc1cc(Cl)cc(-c2nnc(CCN)s2)c1. The predicted molar refractivity (Wildman–Crippen MR) is 67.9 cm³/mol. The highest BCUT2D eigenvalue weighted by Gasteiger charge is 2.07. The summed E-state index contributed by atoms with van der Waals surface area (Å²) >= 11 is 7.57. The van der Waals surface area contributed by atoms with Crippen LogP contribution in [0.2, 0.25) is 5.02 Å². The molecule has 0 unspecified atom stereocenters. The van der Waals surface area contributed by atoms with Crippen molar-refractivity contribution in [3.63, 3.8) is 0 Å². The Balaban J connectivity index is 2.34. The molecule has 0 saturated heterocycles. The third kappa shape index (κ3) is 2.58. The summed E-state index contributed by atoms with van der Waals surface area (Å²) in [7, 11) is 0. The van der Waals surface area contributed by atoms with Crippen LogP contribution in [0.3, 0.4) is 0 Å². The van der Waals surface area contributed by atoms with Crippen molar-refractivity contribution in [3.05, 3.63) is 33.8 Å². The quantitative estimate of drug-likeness (QED) is 0.915. The second-order valence-electron chi connectivity index (χ2n) is 3.56. The fourth-order valence-electron chi connectivity index (χ4n) is 1.45. The molecule has 1 aromatic carbocycles. The van der Waals surface area contributed by atoms with Crippen LogP contribution in [0, 0.1) is 6.92 Å². The predicted octanol–water partition coefficient (Wildman–Crippen LogP) is 2.67. The summed E-state index contributed by atoms with van der Waals surface area (Å²) in [6, 6.07) is 5.88. The van der Waals surface area contributed by atoms with Crippen LogP contribution in [0.5, 0.6) is 0 Å². The van der Waals surface area contributed by atoms with Crippen molar-refractivity contribution in [2.24, 2.45) is 5.73 Å². The molecule has 0 aliphatic carbocycles. The molecular formula is C11H12ClN3S. The molecule has 1 aromatic heterocycles. The first-order valence-corrected chi connectivity index (χ1v) is 6.18. The van der Waals surface area contributed by atoms with Crippen molar-refractivity contribution in [3.8, 4) is 10.6 Å². The second kappa shape index (κ2) is 4.91. The summed E-state index contributed by atoms with van der Waals surface area (Å²) in [4.78, 5) is 0. The number of halogens is 1. The molecule has 2 aromatic rings. The number of rotatable bonds is 3. The molecule has 3 nitrogen and oxygen atoms in total. The maximum Gasteiger partial charge on any atom is 0.147 e. The van der Waals surface area contributed by atoms with Gasteiger partial charge in [-0.15, -0.1) is 10.2 Å². The number of nitrogens with two attached hydrogens (primary N) is 1. The summed E-state index contributed by atoms with van der Waals surface area (Å²) < 4.78 is 0. The third-order valence-electron chi connectivity index (χ3n) is 2.11. The minimum absolute atomic E-state index is 0.600. The Hall–Kier alpha value is -0.970. The van der Waals surface area contributed by atoms with Gasteiger partial charge in [0, 0.05) is 17.0 Å². The average Bonchev–Trinajstić information content (AvgIpc) is 2.65. The van der Waals surface area contributed by atoms with Crippen molar-refractivity contribution in [1.82, 2.24) is 10.2 Å². The van der Waals surface area contributed by atoms with Crippen molar-refractivity contribution in [1.29, 1.82) is 0 Å². The van der Waals surface area contributed by atoms with E-state index in [1.807, 2.05) is 19.1 Å². The number of nitrogens with zero attached hydrogens (tertiary/aromatic N) is 2. The fraction of sp³-hybridized carbons (Fsp3) is 0.273. The van der Waals surface area contributed by atoms with Gasteiger partial charge in [0.25, 0.3) is 0 Å². The zero-order valence-corrected chi connectivity index (χ0v) is 10.5. The molecule has 84 valence electrons. The fourth-order valence-corrected chi connectivity index (χ4v) is 2.59. The van der Waals surface area contributed by atoms with Crippen molar-refractivity contribution in [2.75, 3.05) is 6.54 Å². The number of aryl methyl sites for hydroxylation is 1. The summed E-state index contributed by atoms with van der Waals surface area (Å²) in [5.74, 6) is 0. The lowest BCUT2D eigenvalue weighted by Gasteiger charge is -1.99. The van der Waals surface area contributed by atoms with Gasteiger partial charge >= 0.3 is 0 Å². The van der Waals surface area contributed by atoms with Crippen molar-refractivity contribution in [2.45, 2.75) is 13.3 Å². The molecule has 0 amide bonds. The monoisotopic (exact) mass is 253 g/mol. The zero-order chi connectivity index (χ0) is 11.5. The van der Waals surface area contributed by atoms with E-state index in [0.29, 0.717) is 6.54 Å². The molecular weight excluding hydrogens is 242 g/mol. The van der Waals surface area contributed by atoms with Crippen LogP contribution >= 0.6 is 22.9 Å². The first-order valence-electron chi connectivity index (χ1n) is 4.99. The lowest BCUT2D eigenvalue weighted by atomic mass is 10.1. The van der Waals surface area contributed by atoms with E-state index in [1.165, 1.54) is 0 Å². The van der Waals surface area contributed by atoms with Crippen molar-refractivity contribution < 1.29 is 0 Å². The molecule has 0 bridgehead atoms. The molecule has 0 atom stereocenters. The van der Waals surface area contributed by atoms with E-state index in [-0.39, 0.29) is 0 Å². The van der Waals surface area contributed by atoms with Gasteiger partial charge in [-0.25, -0.2) is 0 Å². The van der Waals surface area contributed by atoms with E-state index in [1.54, 1.807) is 11.3 Å². The lowest BCUT2D eigenvalue weighted by molar-refractivity contribution is 0.913. The molecule has 0 spiro atoms. The standard InChI is InChI=1S/C11H12ClN3S/c1-7-4-8(6-9(12)5-7)11-15-14-10(16-11)2-3-13/h4-6H,2-3,13H2,1H3. The molecule has 0 radical (unpaired) electrons. The average molecular weight is 254 g/mol. The van der Waals surface area contributed by atoms with Crippen LogP contribution in [0.1, 0.15) is 10.6 Å². The number of aromatic nitrogens is 2. The van der Waals surface area contributed by atoms with Crippen LogP contribution < -0.4 is 5.73 Å². The van der Waals surface area contributed by atoms with Gasteiger partial charge in [-0.05, 0) is 37.2 Å². The number of benzene rings is 1. The number of hydrogen-bond donors (Lipinski definition) is 1. The second-order valence-corrected chi connectivity index (χ2v) is 5.06. The Labute approximate surface area is 103 Å². The Morgan fingerprint density at radius 3 is 2.81 bits per heavy atom. The van der Waals surface area contributed by atoms with Crippen LogP contribution in [-0.4, -0.2) is 16.7 Å². The van der Waals surface area contributed by atoms with Crippen molar-refractivity contribution >= 4 is 22.9 Å². The number of hydrogen-bond acceptors (Lipinski definition) is 4.